The number of aryl methyl sites for hydroxylation is 2. The van der Waals surface area contributed by atoms with Crippen LogP contribution in [0.1, 0.15) is 22.5 Å². The average molecular weight is 422 g/mol. The topological polar surface area (TPSA) is 141 Å². The lowest BCUT2D eigenvalue weighted by molar-refractivity contribution is -0.119. The second kappa shape index (κ2) is 9.29. The van der Waals surface area contributed by atoms with Crippen LogP contribution in [0.3, 0.4) is 0 Å². The predicted molar refractivity (Wildman–Crippen MR) is 122 cm³/mol. The molecule has 0 fully saturated rings. The minimum atomic E-state index is -0.370. The lowest BCUT2D eigenvalue weighted by atomic mass is 10.1. The summed E-state index contributed by atoms with van der Waals surface area (Å²) in [6.45, 7) is 4.02. The van der Waals surface area contributed by atoms with Crippen molar-refractivity contribution >= 4 is 23.1 Å². The molecule has 6 N–H and O–H groups in total. The third-order valence-electron chi connectivity index (χ3n) is 5.08. The zero-order valence-corrected chi connectivity index (χ0v) is 17.9. The number of likely N-dealkylation sites (N-methyl/N-ethyl adjacent to an activating group) is 1. The number of nitrogens with one attached hydrogen (secondary N) is 2. The van der Waals surface area contributed by atoms with Gasteiger partial charge in [0.1, 0.15) is 0 Å². The molecule has 9 heteroatoms. The molecule has 9 nitrogen and oxygen atoms in total. The van der Waals surface area contributed by atoms with E-state index in [1.165, 1.54) is 4.57 Å². The summed E-state index contributed by atoms with van der Waals surface area (Å²) >= 11 is 0. The van der Waals surface area contributed by atoms with Crippen molar-refractivity contribution in [3.05, 3.63) is 69.4 Å². The van der Waals surface area contributed by atoms with E-state index in [1.54, 1.807) is 27.1 Å². The van der Waals surface area contributed by atoms with Crippen molar-refractivity contribution in [3.8, 4) is 5.82 Å². The molecule has 1 aromatic carbocycles. The van der Waals surface area contributed by atoms with E-state index in [9.17, 15) is 9.59 Å². The quantitative estimate of drug-likeness (QED) is 0.451. The summed E-state index contributed by atoms with van der Waals surface area (Å²) in [4.78, 5) is 33.7. The summed E-state index contributed by atoms with van der Waals surface area (Å²) in [6.07, 6.45) is 2.38. The highest BCUT2D eigenvalue weighted by Gasteiger charge is 2.20. The second-order valence-corrected chi connectivity index (χ2v) is 7.23. The largest absolute Gasteiger partial charge is 0.397 e. The number of hydrogen-bond donors (Lipinski definition) is 4. The van der Waals surface area contributed by atoms with E-state index < -0.39 is 0 Å². The molecule has 2 aromatic heterocycles. The van der Waals surface area contributed by atoms with Crippen LogP contribution in [0.5, 0.6) is 0 Å². The van der Waals surface area contributed by atoms with Crippen molar-refractivity contribution in [1.29, 1.82) is 0 Å². The summed E-state index contributed by atoms with van der Waals surface area (Å²) in [6, 6.07) is 9.96. The van der Waals surface area contributed by atoms with Gasteiger partial charge in [0.05, 0.1) is 17.8 Å². The number of benzene rings is 1. The number of rotatable bonds is 7. The Bertz CT molecular complexity index is 1160. The fraction of sp³-hybridized carbons (Fsp3) is 0.273. The molecule has 31 heavy (non-hydrogen) atoms. The zero-order chi connectivity index (χ0) is 22.5. The van der Waals surface area contributed by atoms with Gasteiger partial charge < -0.3 is 22.1 Å². The lowest BCUT2D eigenvalue weighted by Gasteiger charge is -2.18. The first kappa shape index (κ1) is 21.8. The number of nitrogen functional groups attached to an aromatic ring is 2. The third kappa shape index (κ3) is 4.66. The molecule has 0 aliphatic carbocycles. The van der Waals surface area contributed by atoms with Crippen molar-refractivity contribution < 1.29 is 4.79 Å². The minimum Gasteiger partial charge on any atom is -0.397 e. The molecule has 0 aliphatic heterocycles. The first-order chi connectivity index (χ1) is 14.8. The molecule has 0 aliphatic rings. The Labute approximate surface area is 180 Å². The van der Waals surface area contributed by atoms with Crippen molar-refractivity contribution in [1.82, 2.24) is 19.9 Å². The monoisotopic (exact) mass is 421 g/mol. The van der Waals surface area contributed by atoms with Gasteiger partial charge in [-0.15, -0.1) is 0 Å². The van der Waals surface area contributed by atoms with Gasteiger partial charge in [-0.25, -0.2) is 9.97 Å². The van der Waals surface area contributed by atoms with E-state index in [-0.39, 0.29) is 40.9 Å². The van der Waals surface area contributed by atoms with E-state index in [1.807, 2.05) is 30.3 Å². The van der Waals surface area contributed by atoms with Gasteiger partial charge in [0.2, 0.25) is 5.91 Å². The van der Waals surface area contributed by atoms with Crippen LogP contribution in [-0.2, 0) is 17.6 Å². The van der Waals surface area contributed by atoms with Crippen LogP contribution in [0.25, 0.3) is 5.82 Å². The molecule has 2 heterocycles. The number of nitrogens with zero attached hydrogens (tertiary/aromatic N) is 3. The van der Waals surface area contributed by atoms with Gasteiger partial charge in [0, 0.05) is 36.7 Å². The highest BCUT2D eigenvalue weighted by Crippen LogP contribution is 2.28. The smallest absolute Gasteiger partial charge is 0.299 e. The van der Waals surface area contributed by atoms with Crippen LogP contribution in [0.15, 0.2) is 41.3 Å². The number of pyridine rings is 1. The maximum Gasteiger partial charge on any atom is 0.299 e. The molecular formula is C22H27N7O2. The Morgan fingerprint density at radius 2 is 1.84 bits per heavy atom. The third-order valence-corrected chi connectivity index (χ3v) is 5.08. The summed E-state index contributed by atoms with van der Waals surface area (Å²) in [7, 11) is 1.55. The standard InChI is InChI=1S/C22H27N7O2/c1-13-12-27-20(26-10-9-15-7-5-4-6-8-15)22(31)29(13)21-19(24)18(23)16(14(2)28-21)11-17(30)25-3/h4-8,12H,9-11,24H2,1-3H3,(H2,23,28)(H,25,30)(H,26,27). The molecular weight excluding hydrogens is 394 g/mol. The normalized spacial score (nSPS) is 10.7. The van der Waals surface area contributed by atoms with Gasteiger partial charge in [-0.2, -0.15) is 0 Å². The Morgan fingerprint density at radius 3 is 2.52 bits per heavy atom. The molecule has 0 saturated carbocycles. The number of amides is 1. The minimum absolute atomic E-state index is 0.0577. The van der Waals surface area contributed by atoms with Gasteiger partial charge >= 0.3 is 0 Å². The number of carbonyl (C=O) groups excluding carboxylic acids is 1. The van der Waals surface area contributed by atoms with Crippen LogP contribution in [-0.4, -0.2) is 34.0 Å². The fourth-order valence-electron chi connectivity index (χ4n) is 3.30. The fourth-order valence-corrected chi connectivity index (χ4v) is 3.30. The Kier molecular flexibility index (Phi) is 6.54. The highest BCUT2D eigenvalue weighted by molar-refractivity contribution is 5.84. The first-order valence-electron chi connectivity index (χ1n) is 9.95. The van der Waals surface area contributed by atoms with E-state index in [2.05, 4.69) is 20.6 Å². The number of hydrogen-bond acceptors (Lipinski definition) is 7. The first-order valence-corrected chi connectivity index (χ1v) is 9.95. The van der Waals surface area contributed by atoms with Crippen molar-refractivity contribution in [2.45, 2.75) is 26.7 Å². The SMILES string of the molecule is CNC(=O)Cc1c(C)nc(-n2c(C)cnc(NCCc3ccccc3)c2=O)c(N)c1N. The average Bonchev–Trinajstić information content (AvgIpc) is 2.76. The zero-order valence-electron chi connectivity index (χ0n) is 17.9. The molecule has 0 unspecified atom stereocenters. The summed E-state index contributed by atoms with van der Waals surface area (Å²) in [5.41, 5.74) is 15.3. The van der Waals surface area contributed by atoms with E-state index in [0.717, 1.165) is 12.0 Å². The van der Waals surface area contributed by atoms with Gasteiger partial charge in [-0.3, -0.25) is 14.2 Å². The molecule has 0 atom stereocenters. The second-order valence-electron chi connectivity index (χ2n) is 7.23. The lowest BCUT2D eigenvalue weighted by Crippen LogP contribution is -2.28. The molecule has 1 amide bonds. The molecule has 0 bridgehead atoms. The molecule has 0 saturated heterocycles. The van der Waals surface area contributed by atoms with Crippen LogP contribution in [0.4, 0.5) is 17.2 Å². The van der Waals surface area contributed by atoms with Gasteiger partial charge in [-0.1, -0.05) is 30.3 Å². The Morgan fingerprint density at radius 1 is 1.13 bits per heavy atom. The van der Waals surface area contributed by atoms with Gasteiger partial charge in [-0.05, 0) is 25.8 Å². The maximum atomic E-state index is 13.2. The van der Waals surface area contributed by atoms with Gasteiger partial charge in [0.15, 0.2) is 11.6 Å². The van der Waals surface area contributed by atoms with Crippen molar-refractivity contribution in [2.24, 2.45) is 0 Å². The van der Waals surface area contributed by atoms with Crippen LogP contribution < -0.4 is 27.7 Å². The van der Waals surface area contributed by atoms with Crippen LogP contribution >= 0.6 is 0 Å². The highest BCUT2D eigenvalue weighted by atomic mass is 16.1. The molecule has 3 aromatic rings. The number of nitrogens with two attached hydrogens (primary N) is 2. The number of aromatic nitrogens is 3. The Balaban J connectivity index is 1.94. The molecule has 3 rings (SSSR count). The maximum absolute atomic E-state index is 13.2. The van der Waals surface area contributed by atoms with E-state index >= 15 is 0 Å². The van der Waals surface area contributed by atoms with Crippen LogP contribution in [0, 0.1) is 13.8 Å². The van der Waals surface area contributed by atoms with Crippen molar-refractivity contribution in [3.63, 3.8) is 0 Å². The molecule has 0 radical (unpaired) electrons. The van der Waals surface area contributed by atoms with Crippen molar-refractivity contribution in [2.75, 3.05) is 30.4 Å². The summed E-state index contributed by atoms with van der Waals surface area (Å²) in [5.74, 6) is 0.228. The summed E-state index contributed by atoms with van der Waals surface area (Å²) in [5, 5.41) is 5.65. The molecule has 0 spiro atoms. The molecule has 162 valence electrons. The van der Waals surface area contributed by atoms with E-state index in [0.29, 0.717) is 23.5 Å². The Hall–Kier alpha value is -3.88. The number of carbonyl (C=O) groups is 1. The predicted octanol–water partition coefficient (Wildman–Crippen LogP) is 1.35. The summed E-state index contributed by atoms with van der Waals surface area (Å²) < 4.78 is 1.39. The van der Waals surface area contributed by atoms with E-state index in [4.69, 9.17) is 11.5 Å². The van der Waals surface area contributed by atoms with Crippen LogP contribution in [0.2, 0.25) is 0 Å². The van der Waals surface area contributed by atoms with Gasteiger partial charge in [0.25, 0.3) is 5.56 Å². The number of anilines is 3.